The molecule has 0 aromatic heterocycles. The standard InChI is InChI=1S/C12H11N3O6/c1-14(2)12(19)7(5-13)10(17)6-3-8(15(20)21)11(18)9(16)4-6/h3-4,16-18H,1-2H3/b10-7-. The van der Waals surface area contributed by atoms with E-state index in [2.05, 4.69) is 0 Å². The highest BCUT2D eigenvalue weighted by Gasteiger charge is 2.24. The molecule has 0 atom stereocenters. The molecule has 0 aliphatic carbocycles. The van der Waals surface area contributed by atoms with Crippen molar-refractivity contribution in [1.29, 1.82) is 5.26 Å². The van der Waals surface area contributed by atoms with E-state index in [0.29, 0.717) is 0 Å². The van der Waals surface area contributed by atoms with Crippen molar-refractivity contribution >= 4 is 17.4 Å². The van der Waals surface area contributed by atoms with Crippen molar-refractivity contribution in [3.63, 3.8) is 0 Å². The summed E-state index contributed by atoms with van der Waals surface area (Å²) >= 11 is 0. The molecular formula is C12H11N3O6. The molecule has 0 bridgehead atoms. The van der Waals surface area contributed by atoms with E-state index >= 15 is 0 Å². The Morgan fingerprint density at radius 2 is 1.95 bits per heavy atom. The molecule has 0 spiro atoms. The first-order valence-electron chi connectivity index (χ1n) is 5.46. The third-order valence-electron chi connectivity index (χ3n) is 2.51. The highest BCUT2D eigenvalue weighted by molar-refractivity contribution is 6.03. The molecule has 0 radical (unpaired) electrons. The minimum Gasteiger partial charge on any atom is -0.506 e. The van der Waals surface area contributed by atoms with Crippen molar-refractivity contribution in [3.05, 3.63) is 33.4 Å². The predicted molar refractivity (Wildman–Crippen MR) is 70.3 cm³/mol. The van der Waals surface area contributed by atoms with E-state index in [0.717, 1.165) is 17.0 Å². The number of phenolic OH excluding ortho intramolecular Hbond substituents is 2. The smallest absolute Gasteiger partial charge is 0.315 e. The number of phenols is 2. The summed E-state index contributed by atoms with van der Waals surface area (Å²) in [5.41, 5.74) is -1.87. The summed E-state index contributed by atoms with van der Waals surface area (Å²) in [4.78, 5) is 22.5. The lowest BCUT2D eigenvalue weighted by Crippen LogP contribution is -2.23. The molecule has 0 fully saturated rings. The normalized spacial score (nSPS) is 11.3. The first kappa shape index (κ1) is 15.8. The third-order valence-corrected chi connectivity index (χ3v) is 2.51. The number of carbonyl (C=O) groups is 1. The van der Waals surface area contributed by atoms with Gasteiger partial charge in [-0.15, -0.1) is 0 Å². The van der Waals surface area contributed by atoms with E-state index in [1.165, 1.54) is 20.2 Å². The number of hydrogen-bond acceptors (Lipinski definition) is 7. The van der Waals surface area contributed by atoms with E-state index in [9.17, 15) is 30.2 Å². The number of nitro groups is 1. The molecule has 1 amide bonds. The van der Waals surface area contributed by atoms with Gasteiger partial charge in [-0.2, -0.15) is 5.26 Å². The highest BCUT2D eigenvalue weighted by Crippen LogP contribution is 2.38. The van der Waals surface area contributed by atoms with Gasteiger partial charge in [0.15, 0.2) is 11.3 Å². The minimum atomic E-state index is -0.981. The number of aromatic hydroxyl groups is 2. The number of aliphatic hydroxyl groups is 1. The number of benzene rings is 1. The average molecular weight is 293 g/mol. The fraction of sp³-hybridized carbons (Fsp3) is 0.167. The molecule has 110 valence electrons. The van der Waals surface area contributed by atoms with Crippen LogP contribution in [0.2, 0.25) is 0 Å². The van der Waals surface area contributed by atoms with E-state index in [1.807, 2.05) is 0 Å². The van der Waals surface area contributed by atoms with Crippen LogP contribution < -0.4 is 0 Å². The number of rotatable bonds is 3. The number of nitro benzene ring substituents is 1. The molecule has 0 saturated heterocycles. The summed E-state index contributed by atoms with van der Waals surface area (Å²) in [6, 6.07) is 3.03. The lowest BCUT2D eigenvalue weighted by molar-refractivity contribution is -0.386. The second-order valence-corrected chi connectivity index (χ2v) is 4.16. The lowest BCUT2D eigenvalue weighted by atomic mass is 10.1. The van der Waals surface area contributed by atoms with Crippen LogP contribution in [0.4, 0.5) is 5.69 Å². The summed E-state index contributed by atoms with van der Waals surface area (Å²) in [6.07, 6.45) is 0. The maximum atomic E-state index is 11.7. The second-order valence-electron chi connectivity index (χ2n) is 4.16. The Morgan fingerprint density at radius 3 is 2.38 bits per heavy atom. The molecular weight excluding hydrogens is 282 g/mol. The Bertz CT molecular complexity index is 687. The van der Waals surface area contributed by atoms with Crippen LogP contribution in [0.25, 0.3) is 5.76 Å². The fourth-order valence-electron chi connectivity index (χ4n) is 1.45. The zero-order chi connectivity index (χ0) is 16.3. The fourth-order valence-corrected chi connectivity index (χ4v) is 1.45. The van der Waals surface area contributed by atoms with Gasteiger partial charge < -0.3 is 20.2 Å². The Labute approximate surface area is 118 Å². The SMILES string of the molecule is CN(C)C(=O)/C(C#N)=C(\O)c1cc(O)c(O)c([N+](=O)[O-])c1. The van der Waals surface area contributed by atoms with E-state index in [4.69, 9.17) is 5.26 Å². The van der Waals surface area contributed by atoms with Gasteiger partial charge in [-0.25, -0.2) is 0 Å². The van der Waals surface area contributed by atoms with Gasteiger partial charge in [0, 0.05) is 25.7 Å². The molecule has 0 heterocycles. The summed E-state index contributed by atoms with van der Waals surface area (Å²) in [5.74, 6) is -3.49. The maximum Gasteiger partial charge on any atom is 0.315 e. The first-order valence-corrected chi connectivity index (χ1v) is 5.46. The average Bonchev–Trinajstić information content (AvgIpc) is 2.41. The molecule has 1 rings (SSSR count). The molecule has 21 heavy (non-hydrogen) atoms. The summed E-state index contributed by atoms with van der Waals surface area (Å²) in [6.45, 7) is 0. The number of nitriles is 1. The molecule has 1 aromatic rings. The topological polar surface area (TPSA) is 148 Å². The van der Waals surface area contributed by atoms with Crippen LogP contribution in [-0.2, 0) is 4.79 Å². The van der Waals surface area contributed by atoms with Gasteiger partial charge in [0.1, 0.15) is 11.8 Å². The molecule has 3 N–H and O–H groups in total. The molecule has 9 heteroatoms. The molecule has 0 saturated carbocycles. The quantitative estimate of drug-likeness (QED) is 0.187. The highest BCUT2D eigenvalue weighted by atomic mass is 16.6. The first-order chi connectivity index (χ1) is 9.70. The number of nitrogens with zero attached hydrogens (tertiary/aromatic N) is 3. The summed E-state index contributed by atoms with van der Waals surface area (Å²) < 4.78 is 0. The number of aliphatic hydroxyl groups excluding tert-OH is 1. The van der Waals surface area contributed by atoms with Crippen LogP contribution in [0, 0.1) is 21.4 Å². The van der Waals surface area contributed by atoms with Gasteiger partial charge >= 0.3 is 5.69 Å². The molecule has 0 aliphatic rings. The Morgan fingerprint density at radius 1 is 1.38 bits per heavy atom. The van der Waals surface area contributed by atoms with E-state index in [1.54, 1.807) is 0 Å². The largest absolute Gasteiger partial charge is 0.506 e. The van der Waals surface area contributed by atoms with Crippen LogP contribution in [0.15, 0.2) is 17.7 Å². The molecule has 0 aliphatic heterocycles. The Kier molecular flexibility index (Phi) is 4.35. The van der Waals surface area contributed by atoms with Crippen molar-refractivity contribution in [3.8, 4) is 17.6 Å². The number of amides is 1. The van der Waals surface area contributed by atoms with Crippen LogP contribution in [0.3, 0.4) is 0 Å². The van der Waals surface area contributed by atoms with Crippen molar-refractivity contribution in [2.75, 3.05) is 14.1 Å². The van der Waals surface area contributed by atoms with Crippen LogP contribution >= 0.6 is 0 Å². The Hall–Kier alpha value is -3.28. The van der Waals surface area contributed by atoms with Crippen molar-refractivity contribution < 1.29 is 25.0 Å². The zero-order valence-electron chi connectivity index (χ0n) is 11.1. The van der Waals surface area contributed by atoms with E-state index in [-0.39, 0.29) is 5.56 Å². The van der Waals surface area contributed by atoms with Gasteiger partial charge in [-0.3, -0.25) is 14.9 Å². The number of carbonyl (C=O) groups excluding carboxylic acids is 1. The van der Waals surface area contributed by atoms with Crippen molar-refractivity contribution in [2.45, 2.75) is 0 Å². The second kappa shape index (κ2) is 5.79. The third kappa shape index (κ3) is 3.01. The molecule has 1 aromatic carbocycles. The lowest BCUT2D eigenvalue weighted by Gasteiger charge is -2.11. The van der Waals surface area contributed by atoms with Gasteiger partial charge in [-0.05, 0) is 6.07 Å². The van der Waals surface area contributed by atoms with Crippen LogP contribution in [-0.4, -0.2) is 45.1 Å². The van der Waals surface area contributed by atoms with Crippen LogP contribution in [0.5, 0.6) is 11.5 Å². The number of hydrogen-bond donors (Lipinski definition) is 3. The van der Waals surface area contributed by atoms with Crippen LogP contribution in [0.1, 0.15) is 5.56 Å². The molecule has 0 unspecified atom stereocenters. The Balaban J connectivity index is 3.56. The van der Waals surface area contributed by atoms with Crippen molar-refractivity contribution in [1.82, 2.24) is 4.90 Å². The summed E-state index contributed by atoms with van der Waals surface area (Å²) in [5, 5.41) is 48.3. The molecule has 9 nitrogen and oxygen atoms in total. The van der Waals surface area contributed by atoms with Gasteiger partial charge in [0.2, 0.25) is 5.75 Å². The number of likely N-dealkylation sites (N-methyl/N-ethyl adjacent to an activating group) is 1. The summed E-state index contributed by atoms with van der Waals surface area (Å²) in [7, 11) is 2.70. The van der Waals surface area contributed by atoms with Gasteiger partial charge in [-0.1, -0.05) is 0 Å². The zero-order valence-corrected chi connectivity index (χ0v) is 11.1. The minimum absolute atomic E-state index is 0.344. The monoisotopic (exact) mass is 293 g/mol. The predicted octanol–water partition coefficient (Wildman–Crippen LogP) is 0.887. The van der Waals surface area contributed by atoms with Crippen molar-refractivity contribution in [2.24, 2.45) is 0 Å². The van der Waals surface area contributed by atoms with Gasteiger partial charge in [0.05, 0.1) is 4.92 Å². The maximum absolute atomic E-state index is 11.7. The van der Waals surface area contributed by atoms with Gasteiger partial charge in [0.25, 0.3) is 5.91 Å². The van der Waals surface area contributed by atoms with E-state index < -0.39 is 39.3 Å².